The van der Waals surface area contributed by atoms with Crippen LogP contribution in [0.1, 0.15) is 19.4 Å². The molecule has 0 aliphatic carbocycles. The number of nitrogens with one attached hydrogen (secondary N) is 1. The second-order valence-corrected chi connectivity index (χ2v) is 4.96. The highest BCUT2D eigenvalue weighted by molar-refractivity contribution is 6.04. The van der Waals surface area contributed by atoms with Gasteiger partial charge in [0.25, 0.3) is 5.91 Å². The average molecular weight is 258 g/mol. The predicted octanol–water partition coefficient (Wildman–Crippen LogP) is 1.48. The normalized spacial score (nSPS) is 19.8. The lowest BCUT2D eigenvalue weighted by Crippen LogP contribution is -2.58. The zero-order valence-electron chi connectivity index (χ0n) is 11.2. The fourth-order valence-electron chi connectivity index (χ4n) is 2.27. The van der Waals surface area contributed by atoms with E-state index in [4.69, 9.17) is 0 Å². The molecular formula is C15H18N2O2. The Hall–Kier alpha value is -2.10. The van der Waals surface area contributed by atoms with Gasteiger partial charge >= 0.3 is 0 Å². The van der Waals surface area contributed by atoms with Gasteiger partial charge in [-0.25, -0.2) is 0 Å². The zero-order valence-corrected chi connectivity index (χ0v) is 11.2. The van der Waals surface area contributed by atoms with Crippen LogP contribution in [0.5, 0.6) is 0 Å². The van der Waals surface area contributed by atoms with Crippen LogP contribution in [0.15, 0.2) is 42.6 Å². The molecular weight excluding hydrogens is 240 g/mol. The predicted molar refractivity (Wildman–Crippen MR) is 73.2 cm³/mol. The number of hydrogen-bond acceptors (Lipinski definition) is 2. The third-order valence-corrected chi connectivity index (χ3v) is 3.19. The molecule has 2 rings (SSSR count). The quantitative estimate of drug-likeness (QED) is 0.835. The van der Waals surface area contributed by atoms with E-state index < -0.39 is 6.04 Å². The molecule has 0 radical (unpaired) electrons. The van der Waals surface area contributed by atoms with Crippen molar-refractivity contribution in [3.8, 4) is 0 Å². The smallest absolute Gasteiger partial charge is 0.268 e. The Balaban J connectivity index is 2.20. The third-order valence-electron chi connectivity index (χ3n) is 3.19. The number of carbonyl (C=O) groups is 2. The van der Waals surface area contributed by atoms with Crippen LogP contribution in [0.2, 0.25) is 0 Å². The minimum absolute atomic E-state index is 0.0654. The van der Waals surface area contributed by atoms with Crippen molar-refractivity contribution < 1.29 is 9.59 Å². The van der Waals surface area contributed by atoms with Crippen molar-refractivity contribution in [1.29, 1.82) is 0 Å². The molecule has 1 aliphatic heterocycles. The molecule has 100 valence electrons. The van der Waals surface area contributed by atoms with E-state index in [0.29, 0.717) is 6.42 Å². The summed E-state index contributed by atoms with van der Waals surface area (Å²) in [6.45, 7) is 7.44. The second kappa shape index (κ2) is 5.26. The van der Waals surface area contributed by atoms with Crippen molar-refractivity contribution in [2.45, 2.75) is 32.4 Å². The van der Waals surface area contributed by atoms with Gasteiger partial charge in [-0.2, -0.15) is 0 Å². The first kappa shape index (κ1) is 13.3. The van der Waals surface area contributed by atoms with E-state index in [1.165, 1.54) is 4.90 Å². The molecule has 4 heteroatoms. The molecule has 1 N–H and O–H groups in total. The van der Waals surface area contributed by atoms with Gasteiger partial charge < -0.3 is 10.2 Å². The lowest BCUT2D eigenvalue weighted by atomic mass is 10.0. The molecule has 1 fully saturated rings. The highest BCUT2D eigenvalue weighted by Gasteiger charge is 2.36. The number of amides is 2. The lowest BCUT2D eigenvalue weighted by Gasteiger charge is -2.36. The first-order valence-electron chi connectivity index (χ1n) is 6.37. The highest BCUT2D eigenvalue weighted by atomic mass is 16.2. The largest absolute Gasteiger partial charge is 0.339 e. The van der Waals surface area contributed by atoms with Crippen LogP contribution >= 0.6 is 0 Å². The van der Waals surface area contributed by atoms with Crippen molar-refractivity contribution in [3.05, 3.63) is 48.2 Å². The number of piperazine rings is 1. The van der Waals surface area contributed by atoms with Crippen LogP contribution in [0.25, 0.3) is 0 Å². The molecule has 0 aromatic heterocycles. The van der Waals surface area contributed by atoms with Crippen LogP contribution in [0.4, 0.5) is 0 Å². The fraction of sp³-hybridized carbons (Fsp3) is 0.333. The Bertz CT molecular complexity index is 508. The third kappa shape index (κ3) is 2.67. The molecule has 1 aromatic carbocycles. The maximum atomic E-state index is 12.4. The summed E-state index contributed by atoms with van der Waals surface area (Å²) >= 11 is 0. The average Bonchev–Trinajstić information content (AvgIpc) is 2.37. The minimum Gasteiger partial charge on any atom is -0.339 e. The Morgan fingerprint density at radius 3 is 2.47 bits per heavy atom. The van der Waals surface area contributed by atoms with Crippen molar-refractivity contribution in [2.24, 2.45) is 0 Å². The summed E-state index contributed by atoms with van der Waals surface area (Å²) in [6.07, 6.45) is 0.502. The van der Waals surface area contributed by atoms with Crippen LogP contribution < -0.4 is 5.32 Å². The molecule has 0 saturated carbocycles. The van der Waals surface area contributed by atoms with E-state index in [0.717, 1.165) is 5.56 Å². The topological polar surface area (TPSA) is 49.4 Å². The van der Waals surface area contributed by atoms with Gasteiger partial charge in [0.15, 0.2) is 0 Å². The molecule has 1 aliphatic rings. The minimum atomic E-state index is -0.511. The summed E-state index contributed by atoms with van der Waals surface area (Å²) in [7, 11) is 0. The van der Waals surface area contributed by atoms with Gasteiger partial charge in [0, 0.05) is 12.5 Å². The molecule has 1 atom stereocenters. The molecule has 19 heavy (non-hydrogen) atoms. The summed E-state index contributed by atoms with van der Waals surface area (Å²) in [6, 6.07) is 9.08. The van der Waals surface area contributed by atoms with Crippen LogP contribution in [0.3, 0.4) is 0 Å². The van der Waals surface area contributed by atoms with Crippen molar-refractivity contribution in [2.75, 3.05) is 0 Å². The van der Waals surface area contributed by atoms with E-state index in [1.54, 1.807) is 0 Å². The van der Waals surface area contributed by atoms with Gasteiger partial charge in [-0.1, -0.05) is 36.9 Å². The monoisotopic (exact) mass is 258 g/mol. The fourth-order valence-corrected chi connectivity index (χ4v) is 2.27. The molecule has 0 spiro atoms. The maximum absolute atomic E-state index is 12.4. The molecule has 1 heterocycles. The first-order chi connectivity index (χ1) is 9.00. The Labute approximate surface area is 113 Å². The molecule has 2 amide bonds. The van der Waals surface area contributed by atoms with Gasteiger partial charge in [-0.15, -0.1) is 0 Å². The number of hydrogen-bond donors (Lipinski definition) is 1. The van der Waals surface area contributed by atoms with Crippen molar-refractivity contribution in [3.63, 3.8) is 0 Å². The van der Waals surface area contributed by atoms with Gasteiger partial charge in [0.2, 0.25) is 5.91 Å². The summed E-state index contributed by atoms with van der Waals surface area (Å²) in [4.78, 5) is 25.7. The summed E-state index contributed by atoms with van der Waals surface area (Å²) in [5.41, 5.74) is 1.25. The van der Waals surface area contributed by atoms with Crippen LogP contribution in [0, 0.1) is 0 Å². The number of carbonyl (C=O) groups excluding carboxylic acids is 2. The van der Waals surface area contributed by atoms with E-state index in [1.807, 2.05) is 44.2 Å². The summed E-state index contributed by atoms with van der Waals surface area (Å²) < 4.78 is 0. The standard InChI is InChI=1S/C15H18N2O2/c1-10(2)17-11(3)14(18)16-13(15(17)19)9-12-7-5-4-6-8-12/h4-8,10,13H,3,9H2,1-2H3,(H,16,18). The zero-order chi connectivity index (χ0) is 14.0. The number of benzene rings is 1. The van der Waals surface area contributed by atoms with Gasteiger partial charge in [-0.05, 0) is 19.4 Å². The molecule has 4 nitrogen and oxygen atoms in total. The SMILES string of the molecule is C=C1C(=O)NC(Cc2ccccc2)C(=O)N1C(C)C. The molecule has 1 saturated heterocycles. The second-order valence-electron chi connectivity index (χ2n) is 4.96. The Morgan fingerprint density at radius 1 is 1.26 bits per heavy atom. The Kier molecular flexibility index (Phi) is 3.69. The van der Waals surface area contributed by atoms with Gasteiger partial charge in [0.05, 0.1) is 0 Å². The van der Waals surface area contributed by atoms with Crippen LogP contribution in [-0.4, -0.2) is 28.8 Å². The van der Waals surface area contributed by atoms with E-state index in [2.05, 4.69) is 11.9 Å². The maximum Gasteiger partial charge on any atom is 0.268 e. The summed E-state index contributed by atoms with van der Waals surface area (Å²) in [5.74, 6) is -0.363. The van der Waals surface area contributed by atoms with Crippen molar-refractivity contribution in [1.82, 2.24) is 10.2 Å². The van der Waals surface area contributed by atoms with E-state index >= 15 is 0 Å². The Morgan fingerprint density at radius 2 is 1.89 bits per heavy atom. The van der Waals surface area contributed by atoms with Crippen molar-refractivity contribution >= 4 is 11.8 Å². The first-order valence-corrected chi connectivity index (χ1v) is 6.37. The molecule has 0 bridgehead atoms. The van der Waals surface area contributed by atoms with Gasteiger partial charge in [-0.3, -0.25) is 9.59 Å². The lowest BCUT2D eigenvalue weighted by molar-refractivity contribution is -0.141. The highest BCUT2D eigenvalue weighted by Crippen LogP contribution is 2.17. The molecule has 1 aromatic rings. The van der Waals surface area contributed by atoms with Gasteiger partial charge in [0.1, 0.15) is 11.7 Å². The number of rotatable bonds is 3. The van der Waals surface area contributed by atoms with E-state index in [-0.39, 0.29) is 23.6 Å². The number of nitrogens with zero attached hydrogens (tertiary/aromatic N) is 1. The van der Waals surface area contributed by atoms with Crippen LogP contribution in [-0.2, 0) is 16.0 Å². The van der Waals surface area contributed by atoms with E-state index in [9.17, 15) is 9.59 Å². The summed E-state index contributed by atoms with van der Waals surface area (Å²) in [5, 5.41) is 2.72. The molecule has 1 unspecified atom stereocenters.